The second kappa shape index (κ2) is 8.79. The fourth-order valence-electron chi connectivity index (χ4n) is 2.40. The van der Waals surface area contributed by atoms with Crippen LogP contribution in [-0.2, 0) is 4.79 Å². The molecule has 1 fully saturated rings. The number of halogens is 3. The number of nitrogens with two attached hydrogens (primary N) is 1. The second-order valence-corrected chi connectivity index (χ2v) is 5.19. The molecule has 8 heteroatoms. The standard InChI is InChI=1S/C15H19F2N3O2.ClH/c16-11-3-4-12(13(17)10-11)15(22)20-8-6-19(7-9-20)14(21)2-1-5-18;/h3-4,10H,1-2,5-9,18H2;1H. The summed E-state index contributed by atoms with van der Waals surface area (Å²) in [5, 5.41) is 0. The van der Waals surface area contributed by atoms with Crippen molar-refractivity contribution >= 4 is 24.2 Å². The predicted molar refractivity (Wildman–Crippen MR) is 84.4 cm³/mol. The predicted octanol–water partition coefficient (Wildman–Crippen LogP) is 1.41. The lowest BCUT2D eigenvalue weighted by molar-refractivity contribution is -0.132. The van der Waals surface area contributed by atoms with Gasteiger partial charge in [-0.1, -0.05) is 0 Å². The van der Waals surface area contributed by atoms with Crippen molar-refractivity contribution in [3.05, 3.63) is 35.4 Å². The molecule has 0 atom stereocenters. The van der Waals surface area contributed by atoms with Crippen molar-refractivity contribution in [3.63, 3.8) is 0 Å². The molecular formula is C15H20ClF2N3O2. The van der Waals surface area contributed by atoms with Crippen molar-refractivity contribution in [2.75, 3.05) is 32.7 Å². The van der Waals surface area contributed by atoms with Gasteiger partial charge in [-0.25, -0.2) is 8.78 Å². The minimum absolute atomic E-state index is 0. The summed E-state index contributed by atoms with van der Waals surface area (Å²) in [7, 11) is 0. The first-order valence-corrected chi connectivity index (χ1v) is 7.25. The van der Waals surface area contributed by atoms with E-state index in [2.05, 4.69) is 0 Å². The lowest BCUT2D eigenvalue weighted by Gasteiger charge is -2.35. The van der Waals surface area contributed by atoms with Crippen LogP contribution in [0.5, 0.6) is 0 Å². The highest BCUT2D eigenvalue weighted by Gasteiger charge is 2.26. The Hall–Kier alpha value is -1.73. The number of hydrogen-bond donors (Lipinski definition) is 1. The number of nitrogens with zero attached hydrogens (tertiary/aromatic N) is 2. The van der Waals surface area contributed by atoms with Gasteiger partial charge in [0.15, 0.2) is 0 Å². The topological polar surface area (TPSA) is 66.6 Å². The molecule has 0 bridgehead atoms. The fraction of sp³-hybridized carbons (Fsp3) is 0.467. The van der Waals surface area contributed by atoms with Gasteiger partial charge in [0.25, 0.3) is 5.91 Å². The van der Waals surface area contributed by atoms with Gasteiger partial charge in [-0.2, -0.15) is 0 Å². The Balaban J connectivity index is 0.00000264. The second-order valence-electron chi connectivity index (χ2n) is 5.19. The molecule has 0 unspecified atom stereocenters. The van der Waals surface area contributed by atoms with Crippen LogP contribution < -0.4 is 5.73 Å². The number of carbonyl (C=O) groups is 2. The van der Waals surface area contributed by atoms with Crippen molar-refractivity contribution in [2.24, 2.45) is 5.73 Å². The largest absolute Gasteiger partial charge is 0.339 e. The summed E-state index contributed by atoms with van der Waals surface area (Å²) in [5.41, 5.74) is 5.22. The van der Waals surface area contributed by atoms with Crippen molar-refractivity contribution in [1.29, 1.82) is 0 Å². The molecule has 2 N–H and O–H groups in total. The van der Waals surface area contributed by atoms with Crippen LogP contribution in [0, 0.1) is 11.6 Å². The van der Waals surface area contributed by atoms with Gasteiger partial charge in [0.2, 0.25) is 5.91 Å². The van der Waals surface area contributed by atoms with Crippen molar-refractivity contribution in [3.8, 4) is 0 Å². The number of rotatable bonds is 4. The van der Waals surface area contributed by atoms with Gasteiger partial charge in [0, 0.05) is 38.7 Å². The molecule has 2 rings (SSSR count). The van der Waals surface area contributed by atoms with Crippen molar-refractivity contribution in [1.82, 2.24) is 9.80 Å². The SMILES string of the molecule is Cl.NCCCC(=O)N1CCN(C(=O)c2ccc(F)cc2F)CC1. The molecule has 0 spiro atoms. The first kappa shape index (κ1) is 19.3. The molecule has 1 saturated heterocycles. The van der Waals surface area contributed by atoms with Crippen molar-refractivity contribution < 1.29 is 18.4 Å². The Bertz CT molecular complexity index is 564. The van der Waals surface area contributed by atoms with Gasteiger partial charge in [-0.15, -0.1) is 12.4 Å². The average molecular weight is 348 g/mol. The molecule has 23 heavy (non-hydrogen) atoms. The lowest BCUT2D eigenvalue weighted by Crippen LogP contribution is -2.50. The van der Waals surface area contributed by atoms with Gasteiger partial charge in [0.1, 0.15) is 11.6 Å². The van der Waals surface area contributed by atoms with E-state index in [0.29, 0.717) is 51.6 Å². The zero-order valence-corrected chi connectivity index (χ0v) is 13.5. The van der Waals surface area contributed by atoms with Crippen LogP contribution in [0.1, 0.15) is 23.2 Å². The van der Waals surface area contributed by atoms with Gasteiger partial charge < -0.3 is 15.5 Å². The molecule has 0 aliphatic carbocycles. The molecule has 1 aromatic carbocycles. The zero-order chi connectivity index (χ0) is 16.1. The van der Waals surface area contributed by atoms with E-state index in [1.54, 1.807) is 4.90 Å². The van der Waals surface area contributed by atoms with E-state index >= 15 is 0 Å². The summed E-state index contributed by atoms with van der Waals surface area (Å²) in [6, 6.07) is 2.90. The van der Waals surface area contributed by atoms with E-state index in [9.17, 15) is 18.4 Å². The van der Waals surface area contributed by atoms with Gasteiger partial charge >= 0.3 is 0 Å². The van der Waals surface area contributed by atoms with E-state index in [0.717, 1.165) is 12.1 Å². The van der Waals surface area contributed by atoms with Crippen LogP contribution in [0.15, 0.2) is 18.2 Å². The van der Waals surface area contributed by atoms with Crippen LogP contribution >= 0.6 is 12.4 Å². The molecule has 0 saturated carbocycles. The highest BCUT2D eigenvalue weighted by atomic mass is 35.5. The average Bonchev–Trinajstić information content (AvgIpc) is 2.52. The van der Waals surface area contributed by atoms with Crippen LogP contribution in [0.3, 0.4) is 0 Å². The van der Waals surface area contributed by atoms with Crippen LogP contribution in [0.25, 0.3) is 0 Å². The monoisotopic (exact) mass is 347 g/mol. The fourth-order valence-corrected chi connectivity index (χ4v) is 2.40. The normalized spacial score (nSPS) is 14.4. The third kappa shape index (κ3) is 4.87. The molecule has 1 aliphatic rings. The Labute approximate surface area is 139 Å². The summed E-state index contributed by atoms with van der Waals surface area (Å²) >= 11 is 0. The third-order valence-electron chi connectivity index (χ3n) is 3.68. The highest BCUT2D eigenvalue weighted by molar-refractivity contribution is 5.94. The lowest BCUT2D eigenvalue weighted by atomic mass is 10.1. The Kier molecular flexibility index (Phi) is 7.38. The van der Waals surface area contributed by atoms with Crippen LogP contribution in [-0.4, -0.2) is 54.3 Å². The smallest absolute Gasteiger partial charge is 0.256 e. The Morgan fingerprint density at radius 3 is 2.26 bits per heavy atom. The molecule has 1 aliphatic heterocycles. The van der Waals surface area contributed by atoms with E-state index in [1.165, 1.54) is 4.90 Å². The molecule has 0 aromatic heterocycles. The van der Waals surface area contributed by atoms with Gasteiger partial charge in [-0.05, 0) is 25.1 Å². The number of carbonyl (C=O) groups excluding carboxylic acids is 2. The van der Waals surface area contributed by atoms with E-state index in [4.69, 9.17) is 5.73 Å². The molecule has 5 nitrogen and oxygen atoms in total. The van der Waals surface area contributed by atoms with E-state index < -0.39 is 17.5 Å². The van der Waals surface area contributed by atoms with Gasteiger partial charge in [-0.3, -0.25) is 9.59 Å². The minimum atomic E-state index is -0.869. The molecule has 128 valence electrons. The molecular weight excluding hydrogens is 328 g/mol. The zero-order valence-electron chi connectivity index (χ0n) is 12.6. The molecule has 1 aromatic rings. The first-order chi connectivity index (χ1) is 10.5. The van der Waals surface area contributed by atoms with Crippen LogP contribution in [0.4, 0.5) is 8.78 Å². The molecule has 2 amide bonds. The number of piperazine rings is 1. The maximum absolute atomic E-state index is 13.6. The summed E-state index contributed by atoms with van der Waals surface area (Å²) in [6.45, 7) is 1.97. The number of amides is 2. The first-order valence-electron chi connectivity index (χ1n) is 7.25. The summed E-state index contributed by atoms with van der Waals surface area (Å²) < 4.78 is 26.5. The minimum Gasteiger partial charge on any atom is -0.339 e. The highest BCUT2D eigenvalue weighted by Crippen LogP contribution is 2.14. The number of benzene rings is 1. The van der Waals surface area contributed by atoms with E-state index in [1.807, 2.05) is 0 Å². The third-order valence-corrected chi connectivity index (χ3v) is 3.68. The number of hydrogen-bond acceptors (Lipinski definition) is 3. The Morgan fingerprint density at radius 2 is 1.70 bits per heavy atom. The Morgan fingerprint density at radius 1 is 1.09 bits per heavy atom. The van der Waals surface area contributed by atoms with Crippen LogP contribution in [0.2, 0.25) is 0 Å². The molecule has 0 radical (unpaired) electrons. The van der Waals surface area contributed by atoms with E-state index in [-0.39, 0.29) is 23.9 Å². The summed E-state index contributed by atoms with van der Waals surface area (Å²) in [4.78, 5) is 27.2. The summed E-state index contributed by atoms with van der Waals surface area (Å²) in [5.74, 6) is -2.05. The maximum atomic E-state index is 13.6. The summed E-state index contributed by atoms with van der Waals surface area (Å²) in [6.07, 6.45) is 1.04. The molecule has 1 heterocycles. The maximum Gasteiger partial charge on any atom is 0.256 e. The quantitative estimate of drug-likeness (QED) is 0.895. The van der Waals surface area contributed by atoms with Crippen molar-refractivity contribution in [2.45, 2.75) is 12.8 Å². The van der Waals surface area contributed by atoms with Gasteiger partial charge in [0.05, 0.1) is 5.56 Å².